The van der Waals surface area contributed by atoms with Gasteiger partial charge in [-0.3, -0.25) is 4.79 Å². The van der Waals surface area contributed by atoms with Crippen LogP contribution in [0, 0.1) is 5.41 Å². The number of amides is 1. The lowest BCUT2D eigenvalue weighted by molar-refractivity contribution is -0.126. The van der Waals surface area contributed by atoms with Gasteiger partial charge in [-0.1, -0.05) is 49.4 Å². The fraction of sp³-hybridized carbons (Fsp3) is 0.500. The molecule has 3 nitrogen and oxygen atoms in total. The number of carbonyl (C=O) groups excluding carboxylic acids is 1. The van der Waals surface area contributed by atoms with Crippen LogP contribution in [-0.2, 0) is 4.79 Å². The Bertz CT molecular complexity index is 542. The van der Waals surface area contributed by atoms with Crippen molar-refractivity contribution in [2.45, 2.75) is 39.0 Å². The van der Waals surface area contributed by atoms with E-state index in [0.717, 1.165) is 25.7 Å². The highest BCUT2D eigenvalue weighted by Gasteiger charge is 2.35. The van der Waals surface area contributed by atoms with Crippen molar-refractivity contribution in [1.29, 1.82) is 0 Å². The molecule has 1 aromatic rings. The van der Waals surface area contributed by atoms with Crippen LogP contribution in [-0.4, -0.2) is 11.0 Å². The van der Waals surface area contributed by atoms with Gasteiger partial charge in [0.15, 0.2) is 0 Å². The number of rotatable bonds is 2. The molecule has 0 atom stereocenters. The molecule has 20 heavy (non-hydrogen) atoms. The summed E-state index contributed by atoms with van der Waals surface area (Å²) < 4.78 is 0.399. The number of phenolic OH excluding ortho intramolecular Hbond substituents is 1. The number of hydrogen-bond acceptors (Lipinski definition) is 2. The van der Waals surface area contributed by atoms with Crippen molar-refractivity contribution in [1.82, 2.24) is 0 Å². The van der Waals surface area contributed by atoms with E-state index in [4.69, 9.17) is 23.2 Å². The van der Waals surface area contributed by atoms with Gasteiger partial charge in [0.05, 0.1) is 15.2 Å². The lowest BCUT2D eigenvalue weighted by Gasteiger charge is -2.32. The Kier molecular flexibility index (Phi) is 4.88. The minimum atomic E-state index is -0.363. The Labute approximate surface area is 136 Å². The van der Waals surface area contributed by atoms with Crippen molar-refractivity contribution in [3.05, 3.63) is 20.6 Å². The lowest BCUT2D eigenvalue weighted by atomic mass is 9.75. The maximum absolute atomic E-state index is 12.5. The monoisotopic (exact) mass is 379 g/mol. The molecule has 0 unspecified atom stereocenters. The molecule has 1 aliphatic rings. The normalized spacial score (nSPS) is 17.8. The summed E-state index contributed by atoms with van der Waals surface area (Å²) in [5.74, 6) is -0.175. The van der Waals surface area contributed by atoms with Crippen LogP contribution in [0.1, 0.15) is 39.0 Å². The maximum Gasteiger partial charge on any atom is 0.230 e. The molecule has 110 valence electrons. The third-order valence-electron chi connectivity index (χ3n) is 3.89. The molecular formula is C14H16BrCl2NO2. The molecule has 0 radical (unpaired) electrons. The summed E-state index contributed by atoms with van der Waals surface area (Å²) in [6.07, 6.45) is 5.07. The largest absolute Gasteiger partial charge is 0.505 e. The fourth-order valence-electron chi connectivity index (χ4n) is 2.51. The molecule has 6 heteroatoms. The summed E-state index contributed by atoms with van der Waals surface area (Å²) in [4.78, 5) is 12.5. The van der Waals surface area contributed by atoms with Crippen LogP contribution in [0.4, 0.5) is 5.69 Å². The number of anilines is 1. The molecule has 0 aliphatic heterocycles. The number of phenols is 1. The van der Waals surface area contributed by atoms with Gasteiger partial charge in [0, 0.05) is 5.41 Å². The van der Waals surface area contributed by atoms with E-state index in [0.29, 0.717) is 10.2 Å². The number of nitrogens with one attached hydrogen (secondary N) is 1. The number of benzene rings is 1. The average Bonchev–Trinajstić information content (AvgIpc) is 2.43. The zero-order valence-electron chi connectivity index (χ0n) is 11.1. The van der Waals surface area contributed by atoms with Crippen LogP contribution in [0.5, 0.6) is 5.75 Å². The first-order valence-electron chi connectivity index (χ1n) is 6.53. The Morgan fingerprint density at radius 1 is 1.30 bits per heavy atom. The van der Waals surface area contributed by atoms with Crippen LogP contribution < -0.4 is 5.32 Å². The molecule has 0 aromatic heterocycles. The van der Waals surface area contributed by atoms with Crippen molar-refractivity contribution in [3.8, 4) is 5.75 Å². The quantitative estimate of drug-likeness (QED) is 0.535. The molecular weight excluding hydrogens is 365 g/mol. The third kappa shape index (κ3) is 3.07. The zero-order chi connectivity index (χ0) is 14.9. The van der Waals surface area contributed by atoms with Gasteiger partial charge in [0.25, 0.3) is 0 Å². The highest BCUT2D eigenvalue weighted by atomic mass is 79.9. The van der Waals surface area contributed by atoms with Gasteiger partial charge < -0.3 is 10.4 Å². The van der Waals surface area contributed by atoms with Crippen molar-refractivity contribution < 1.29 is 9.90 Å². The number of halogens is 3. The minimum absolute atomic E-state index is 0.0325. The first-order chi connectivity index (χ1) is 9.35. The van der Waals surface area contributed by atoms with Gasteiger partial charge in [-0.15, -0.1) is 0 Å². The molecule has 0 spiro atoms. The molecule has 1 saturated carbocycles. The smallest absolute Gasteiger partial charge is 0.230 e. The summed E-state index contributed by atoms with van der Waals surface area (Å²) in [6, 6.07) is 1.56. The van der Waals surface area contributed by atoms with E-state index in [9.17, 15) is 9.90 Å². The number of aromatic hydroxyl groups is 1. The van der Waals surface area contributed by atoms with E-state index in [2.05, 4.69) is 21.2 Å². The molecule has 2 N–H and O–H groups in total. The number of hydrogen-bond donors (Lipinski definition) is 2. The van der Waals surface area contributed by atoms with E-state index < -0.39 is 0 Å². The third-order valence-corrected chi connectivity index (χ3v) is 5.35. The van der Waals surface area contributed by atoms with Gasteiger partial charge in [-0.05, 0) is 34.8 Å². The predicted molar refractivity (Wildman–Crippen MR) is 85.6 cm³/mol. The molecule has 0 saturated heterocycles. The Hall–Kier alpha value is -0.450. The SMILES string of the molecule is CC1(C(=O)Nc2cc(Br)c(O)c(Cl)c2Cl)CCCCC1. The maximum atomic E-state index is 12.5. The van der Waals surface area contributed by atoms with Crippen LogP contribution in [0.15, 0.2) is 10.5 Å². The van der Waals surface area contributed by atoms with E-state index in [1.54, 1.807) is 6.07 Å². The molecule has 1 aliphatic carbocycles. The lowest BCUT2D eigenvalue weighted by Crippen LogP contribution is -2.35. The standard InChI is InChI=1S/C14H16BrCl2NO2/c1-14(5-3-2-4-6-14)13(20)18-9-7-8(15)12(19)11(17)10(9)16/h7,19H,2-6H2,1H3,(H,18,20). The molecule has 1 aromatic carbocycles. The van der Waals surface area contributed by atoms with Crippen molar-refractivity contribution in [2.75, 3.05) is 5.32 Å². The van der Waals surface area contributed by atoms with Gasteiger partial charge in [-0.2, -0.15) is 0 Å². The molecule has 2 rings (SSSR count). The van der Waals surface area contributed by atoms with E-state index >= 15 is 0 Å². The highest BCUT2D eigenvalue weighted by molar-refractivity contribution is 9.10. The van der Waals surface area contributed by atoms with E-state index in [-0.39, 0.29) is 27.1 Å². The fourth-order valence-corrected chi connectivity index (χ4v) is 3.45. The molecule has 0 heterocycles. The van der Waals surface area contributed by atoms with Gasteiger partial charge in [0.2, 0.25) is 5.91 Å². The first kappa shape index (κ1) is 15.9. The second kappa shape index (κ2) is 6.12. The van der Waals surface area contributed by atoms with Gasteiger partial charge in [-0.25, -0.2) is 0 Å². The van der Waals surface area contributed by atoms with Crippen molar-refractivity contribution in [2.24, 2.45) is 5.41 Å². The molecule has 1 fully saturated rings. The second-order valence-corrected chi connectivity index (χ2v) is 7.07. The Morgan fingerprint density at radius 2 is 1.90 bits per heavy atom. The summed E-state index contributed by atoms with van der Waals surface area (Å²) in [5.41, 5.74) is 0.0523. The van der Waals surface area contributed by atoms with Crippen LogP contribution in [0.3, 0.4) is 0 Å². The van der Waals surface area contributed by atoms with Crippen LogP contribution in [0.25, 0.3) is 0 Å². The zero-order valence-corrected chi connectivity index (χ0v) is 14.2. The Morgan fingerprint density at radius 3 is 2.50 bits per heavy atom. The first-order valence-corrected chi connectivity index (χ1v) is 8.08. The Balaban J connectivity index is 2.24. The molecule has 1 amide bonds. The van der Waals surface area contributed by atoms with Crippen molar-refractivity contribution in [3.63, 3.8) is 0 Å². The second-order valence-electron chi connectivity index (χ2n) is 5.46. The van der Waals surface area contributed by atoms with Crippen LogP contribution in [0.2, 0.25) is 10.0 Å². The summed E-state index contributed by atoms with van der Waals surface area (Å²) in [6.45, 7) is 1.98. The highest BCUT2D eigenvalue weighted by Crippen LogP contribution is 2.43. The van der Waals surface area contributed by atoms with E-state index in [1.807, 2.05) is 6.92 Å². The predicted octanol–water partition coefficient (Wildman–Crippen LogP) is 5.37. The molecule has 0 bridgehead atoms. The van der Waals surface area contributed by atoms with Gasteiger partial charge in [0.1, 0.15) is 10.8 Å². The number of carbonyl (C=O) groups is 1. The van der Waals surface area contributed by atoms with Crippen LogP contribution >= 0.6 is 39.1 Å². The van der Waals surface area contributed by atoms with Gasteiger partial charge >= 0.3 is 0 Å². The summed E-state index contributed by atoms with van der Waals surface area (Å²) in [5, 5.41) is 12.7. The van der Waals surface area contributed by atoms with E-state index in [1.165, 1.54) is 6.42 Å². The summed E-state index contributed by atoms with van der Waals surface area (Å²) in [7, 11) is 0. The minimum Gasteiger partial charge on any atom is -0.505 e. The topological polar surface area (TPSA) is 49.3 Å². The van der Waals surface area contributed by atoms with Crippen molar-refractivity contribution >= 4 is 50.7 Å². The average molecular weight is 381 g/mol. The summed E-state index contributed by atoms with van der Waals surface area (Å²) >= 11 is 15.2.